The molecule has 0 aliphatic rings. The number of benzene rings is 2. The Morgan fingerprint density at radius 2 is 1.89 bits per heavy atom. The van der Waals surface area contributed by atoms with E-state index in [1.54, 1.807) is 6.07 Å². The van der Waals surface area contributed by atoms with E-state index in [1.165, 1.54) is 12.1 Å². The summed E-state index contributed by atoms with van der Waals surface area (Å²) in [5.74, 6) is -0.303. The second-order valence-corrected chi connectivity index (χ2v) is 5.00. The van der Waals surface area contributed by atoms with E-state index in [-0.39, 0.29) is 12.4 Å². The van der Waals surface area contributed by atoms with Crippen molar-refractivity contribution in [2.24, 2.45) is 0 Å². The van der Waals surface area contributed by atoms with Crippen LogP contribution in [0.1, 0.15) is 18.1 Å². The number of aliphatic hydroxyl groups excluding tert-OH is 1. The van der Waals surface area contributed by atoms with Crippen LogP contribution in [0.3, 0.4) is 0 Å². The van der Waals surface area contributed by atoms with E-state index in [0.29, 0.717) is 0 Å². The Morgan fingerprint density at radius 1 is 1.16 bits per heavy atom. The molecule has 2 N–H and O–H groups in total. The fourth-order valence-corrected chi connectivity index (χ4v) is 2.08. The zero-order valence-electron chi connectivity index (χ0n) is 11.2. The van der Waals surface area contributed by atoms with Crippen molar-refractivity contribution in [1.82, 2.24) is 0 Å². The van der Waals surface area contributed by atoms with Crippen LogP contribution in [0.4, 0.5) is 10.1 Å². The van der Waals surface area contributed by atoms with Crippen molar-refractivity contribution in [3.8, 4) is 0 Å². The fraction of sp³-hybridized carbons (Fsp3) is 0.250. The lowest BCUT2D eigenvalue weighted by atomic mass is 9.92. The van der Waals surface area contributed by atoms with Crippen LogP contribution < -0.4 is 5.32 Å². The number of aliphatic hydroxyl groups is 1. The number of aryl methyl sites for hydroxylation is 1. The maximum Gasteiger partial charge on any atom is 0.123 e. The van der Waals surface area contributed by atoms with E-state index in [4.69, 9.17) is 0 Å². The molecule has 2 nitrogen and oxygen atoms in total. The van der Waals surface area contributed by atoms with Gasteiger partial charge in [-0.25, -0.2) is 4.39 Å². The van der Waals surface area contributed by atoms with Crippen LogP contribution in [-0.4, -0.2) is 11.7 Å². The van der Waals surface area contributed by atoms with Gasteiger partial charge < -0.3 is 10.4 Å². The Morgan fingerprint density at radius 3 is 2.53 bits per heavy atom. The van der Waals surface area contributed by atoms with Crippen LogP contribution in [0.2, 0.25) is 0 Å². The second-order valence-electron chi connectivity index (χ2n) is 5.00. The SMILES string of the molecule is Cc1cccc(NC(C)(CO)c2cccc(F)c2)c1. The highest BCUT2D eigenvalue weighted by molar-refractivity contribution is 5.49. The normalized spacial score (nSPS) is 13.9. The van der Waals surface area contributed by atoms with E-state index >= 15 is 0 Å². The smallest absolute Gasteiger partial charge is 0.123 e. The minimum atomic E-state index is -0.712. The molecule has 0 aliphatic heterocycles. The molecule has 1 atom stereocenters. The molecular formula is C16H18FNO. The average Bonchev–Trinajstić information content (AvgIpc) is 2.38. The minimum absolute atomic E-state index is 0.121. The Kier molecular flexibility index (Phi) is 3.86. The Bertz CT molecular complexity index is 570. The van der Waals surface area contributed by atoms with Crippen molar-refractivity contribution >= 4 is 5.69 Å². The zero-order valence-corrected chi connectivity index (χ0v) is 11.2. The van der Waals surface area contributed by atoms with Crippen molar-refractivity contribution in [2.75, 3.05) is 11.9 Å². The number of hydrogen-bond donors (Lipinski definition) is 2. The fourth-order valence-electron chi connectivity index (χ4n) is 2.08. The topological polar surface area (TPSA) is 32.3 Å². The number of halogens is 1. The first kappa shape index (κ1) is 13.6. The molecular weight excluding hydrogens is 241 g/mol. The van der Waals surface area contributed by atoms with Crippen LogP contribution in [0.15, 0.2) is 48.5 Å². The molecule has 0 saturated carbocycles. The Balaban J connectivity index is 2.32. The van der Waals surface area contributed by atoms with Crippen molar-refractivity contribution in [3.63, 3.8) is 0 Å². The molecule has 1 unspecified atom stereocenters. The van der Waals surface area contributed by atoms with Crippen LogP contribution in [-0.2, 0) is 5.54 Å². The summed E-state index contributed by atoms with van der Waals surface area (Å²) >= 11 is 0. The van der Waals surface area contributed by atoms with Crippen LogP contribution in [0, 0.1) is 12.7 Å². The first-order chi connectivity index (χ1) is 9.03. The third kappa shape index (κ3) is 3.12. The Hall–Kier alpha value is -1.87. The molecule has 0 aliphatic carbocycles. The highest BCUT2D eigenvalue weighted by Gasteiger charge is 2.25. The van der Waals surface area contributed by atoms with Gasteiger partial charge in [-0.2, -0.15) is 0 Å². The van der Waals surface area contributed by atoms with Gasteiger partial charge in [0.25, 0.3) is 0 Å². The standard InChI is InChI=1S/C16H18FNO/c1-12-5-3-8-15(9-12)18-16(2,11-19)13-6-4-7-14(17)10-13/h3-10,18-19H,11H2,1-2H3. The lowest BCUT2D eigenvalue weighted by Crippen LogP contribution is -2.35. The highest BCUT2D eigenvalue weighted by Crippen LogP contribution is 2.26. The maximum atomic E-state index is 13.3. The Labute approximate surface area is 112 Å². The van der Waals surface area contributed by atoms with Crippen LogP contribution >= 0.6 is 0 Å². The summed E-state index contributed by atoms with van der Waals surface area (Å²) in [5.41, 5.74) is 2.04. The first-order valence-corrected chi connectivity index (χ1v) is 6.25. The largest absolute Gasteiger partial charge is 0.394 e. The van der Waals surface area contributed by atoms with E-state index in [0.717, 1.165) is 16.8 Å². The van der Waals surface area contributed by atoms with Crippen LogP contribution in [0.25, 0.3) is 0 Å². The third-order valence-electron chi connectivity index (χ3n) is 3.22. The minimum Gasteiger partial charge on any atom is -0.394 e. The van der Waals surface area contributed by atoms with Gasteiger partial charge in [0.05, 0.1) is 12.1 Å². The monoisotopic (exact) mass is 259 g/mol. The van der Waals surface area contributed by atoms with E-state index < -0.39 is 5.54 Å². The molecule has 2 aromatic rings. The van der Waals surface area contributed by atoms with Gasteiger partial charge in [-0.3, -0.25) is 0 Å². The average molecular weight is 259 g/mol. The third-order valence-corrected chi connectivity index (χ3v) is 3.22. The molecule has 2 rings (SSSR count). The molecule has 100 valence electrons. The molecule has 0 spiro atoms. The predicted molar refractivity (Wildman–Crippen MR) is 75.6 cm³/mol. The molecule has 3 heteroatoms. The van der Waals surface area contributed by atoms with Crippen molar-refractivity contribution in [1.29, 1.82) is 0 Å². The second kappa shape index (κ2) is 5.41. The summed E-state index contributed by atoms with van der Waals surface area (Å²) in [6.45, 7) is 3.73. The molecule has 0 amide bonds. The summed E-state index contributed by atoms with van der Waals surface area (Å²) in [7, 11) is 0. The summed E-state index contributed by atoms with van der Waals surface area (Å²) in [5, 5.41) is 12.9. The molecule has 0 fully saturated rings. The lowest BCUT2D eigenvalue weighted by molar-refractivity contribution is 0.224. The van der Waals surface area contributed by atoms with Gasteiger partial charge >= 0.3 is 0 Å². The van der Waals surface area contributed by atoms with Gasteiger partial charge in [-0.15, -0.1) is 0 Å². The molecule has 0 bridgehead atoms. The quantitative estimate of drug-likeness (QED) is 0.881. The molecule has 0 saturated heterocycles. The highest BCUT2D eigenvalue weighted by atomic mass is 19.1. The van der Waals surface area contributed by atoms with Crippen molar-refractivity contribution < 1.29 is 9.50 Å². The van der Waals surface area contributed by atoms with Crippen molar-refractivity contribution in [2.45, 2.75) is 19.4 Å². The molecule has 2 aromatic carbocycles. The van der Waals surface area contributed by atoms with Crippen molar-refractivity contribution in [3.05, 3.63) is 65.5 Å². The van der Waals surface area contributed by atoms with Gasteiger partial charge in [0.1, 0.15) is 5.82 Å². The summed E-state index contributed by atoms with van der Waals surface area (Å²) in [6, 6.07) is 14.2. The lowest BCUT2D eigenvalue weighted by Gasteiger charge is -2.30. The van der Waals surface area contributed by atoms with Crippen LogP contribution in [0.5, 0.6) is 0 Å². The van der Waals surface area contributed by atoms with E-state index in [1.807, 2.05) is 44.2 Å². The number of anilines is 1. The van der Waals surface area contributed by atoms with Gasteiger partial charge in [0.2, 0.25) is 0 Å². The molecule has 0 radical (unpaired) electrons. The van der Waals surface area contributed by atoms with Gasteiger partial charge in [0.15, 0.2) is 0 Å². The molecule has 0 aromatic heterocycles. The maximum absolute atomic E-state index is 13.3. The van der Waals surface area contributed by atoms with E-state index in [9.17, 15) is 9.50 Å². The zero-order chi connectivity index (χ0) is 13.9. The number of rotatable bonds is 4. The molecule has 0 heterocycles. The first-order valence-electron chi connectivity index (χ1n) is 6.25. The number of nitrogens with one attached hydrogen (secondary N) is 1. The summed E-state index contributed by atoms with van der Waals surface area (Å²) in [6.07, 6.45) is 0. The summed E-state index contributed by atoms with van der Waals surface area (Å²) < 4.78 is 13.3. The molecule has 19 heavy (non-hydrogen) atoms. The number of hydrogen-bond acceptors (Lipinski definition) is 2. The summed E-state index contributed by atoms with van der Waals surface area (Å²) in [4.78, 5) is 0. The van der Waals surface area contributed by atoms with E-state index in [2.05, 4.69) is 5.32 Å². The van der Waals surface area contributed by atoms with Gasteiger partial charge in [-0.05, 0) is 49.2 Å². The predicted octanol–water partition coefficient (Wildman–Crippen LogP) is 3.45. The van der Waals surface area contributed by atoms with Gasteiger partial charge in [0, 0.05) is 5.69 Å². The van der Waals surface area contributed by atoms with Gasteiger partial charge in [-0.1, -0.05) is 24.3 Å².